The van der Waals surface area contributed by atoms with Gasteiger partial charge in [0.05, 0.1) is 12.2 Å². The first kappa shape index (κ1) is 13.1. The molecule has 102 valence electrons. The second kappa shape index (κ2) is 5.13. The number of hydrogen-bond acceptors (Lipinski definition) is 4. The molecule has 2 aromatic rings. The molecule has 1 amide bonds. The third-order valence-corrected chi connectivity index (χ3v) is 2.82. The quantitative estimate of drug-likeness (QED) is 0.837. The van der Waals surface area contributed by atoms with Crippen LogP contribution in [0, 0.1) is 0 Å². The normalized spacial score (nSPS) is 10.9. The average Bonchev–Trinajstić information content (AvgIpc) is 2.92. The predicted octanol–water partition coefficient (Wildman–Crippen LogP) is 0.908. The van der Waals surface area contributed by atoms with Gasteiger partial charge in [0.25, 0.3) is 5.91 Å². The fourth-order valence-corrected chi connectivity index (χ4v) is 1.91. The fourth-order valence-electron chi connectivity index (χ4n) is 1.91. The van der Waals surface area contributed by atoms with Gasteiger partial charge in [0.1, 0.15) is 11.5 Å². The van der Waals surface area contributed by atoms with E-state index in [1.165, 1.54) is 4.68 Å². The summed E-state index contributed by atoms with van der Waals surface area (Å²) in [7, 11) is 1.68. The molecule has 2 aromatic heterocycles. The number of nitrogens with two attached hydrogens (primary N) is 1. The summed E-state index contributed by atoms with van der Waals surface area (Å²) in [5, 5.41) is 11.6. The van der Waals surface area contributed by atoms with Gasteiger partial charge >= 0.3 is 0 Å². The third-order valence-electron chi connectivity index (χ3n) is 2.82. The van der Waals surface area contributed by atoms with Crippen molar-refractivity contribution in [2.24, 2.45) is 12.8 Å². The highest BCUT2D eigenvalue weighted by molar-refractivity contribution is 5.91. The molecular formula is C12H18N6O. The van der Waals surface area contributed by atoms with E-state index in [2.05, 4.69) is 29.4 Å². The van der Waals surface area contributed by atoms with E-state index in [1.807, 2.05) is 10.7 Å². The van der Waals surface area contributed by atoms with Crippen LogP contribution in [-0.2, 0) is 13.6 Å². The summed E-state index contributed by atoms with van der Waals surface area (Å²) in [6, 6.07) is 3.89. The summed E-state index contributed by atoms with van der Waals surface area (Å²) in [4.78, 5) is 11.1. The van der Waals surface area contributed by atoms with Crippen LogP contribution in [0.3, 0.4) is 0 Å². The molecule has 0 unspecified atom stereocenters. The van der Waals surface area contributed by atoms with Crippen molar-refractivity contribution in [1.82, 2.24) is 19.6 Å². The molecule has 0 saturated carbocycles. The Morgan fingerprint density at radius 3 is 2.84 bits per heavy atom. The van der Waals surface area contributed by atoms with Crippen LogP contribution < -0.4 is 11.1 Å². The molecule has 0 atom stereocenters. The van der Waals surface area contributed by atoms with Crippen LogP contribution in [0.1, 0.15) is 36.1 Å². The Morgan fingerprint density at radius 1 is 1.53 bits per heavy atom. The second-order valence-corrected chi connectivity index (χ2v) is 4.62. The molecule has 7 heteroatoms. The van der Waals surface area contributed by atoms with Crippen LogP contribution in [-0.4, -0.2) is 25.5 Å². The first-order chi connectivity index (χ1) is 8.99. The zero-order chi connectivity index (χ0) is 14.0. The molecule has 0 aliphatic carbocycles. The van der Waals surface area contributed by atoms with Crippen LogP contribution in [0.25, 0.3) is 0 Å². The van der Waals surface area contributed by atoms with Crippen LogP contribution in [0.2, 0.25) is 0 Å². The lowest BCUT2D eigenvalue weighted by atomic mass is 10.3. The van der Waals surface area contributed by atoms with E-state index in [0.29, 0.717) is 24.1 Å². The van der Waals surface area contributed by atoms with Gasteiger partial charge in [0.15, 0.2) is 0 Å². The highest BCUT2D eigenvalue weighted by Crippen LogP contribution is 2.12. The third kappa shape index (κ3) is 2.75. The van der Waals surface area contributed by atoms with E-state index in [1.54, 1.807) is 19.3 Å². The van der Waals surface area contributed by atoms with E-state index in [9.17, 15) is 4.79 Å². The van der Waals surface area contributed by atoms with Gasteiger partial charge in [-0.05, 0) is 19.9 Å². The zero-order valence-corrected chi connectivity index (χ0v) is 11.3. The van der Waals surface area contributed by atoms with Crippen LogP contribution >= 0.6 is 0 Å². The minimum absolute atomic E-state index is 0.303. The molecule has 0 aromatic carbocycles. The van der Waals surface area contributed by atoms with Crippen molar-refractivity contribution in [3.8, 4) is 0 Å². The van der Waals surface area contributed by atoms with E-state index in [-0.39, 0.29) is 0 Å². The number of aromatic nitrogens is 4. The molecule has 19 heavy (non-hydrogen) atoms. The Kier molecular flexibility index (Phi) is 3.55. The SMILES string of the molecule is CC(C)n1nccc1CNc1cc(C(N)=O)n(C)n1. The number of amides is 1. The second-order valence-electron chi connectivity index (χ2n) is 4.62. The number of nitrogens with one attached hydrogen (secondary N) is 1. The van der Waals surface area contributed by atoms with E-state index in [4.69, 9.17) is 5.73 Å². The average molecular weight is 262 g/mol. The van der Waals surface area contributed by atoms with Gasteiger partial charge in [0, 0.05) is 25.4 Å². The largest absolute Gasteiger partial charge is 0.364 e. The number of rotatable bonds is 5. The topological polar surface area (TPSA) is 90.8 Å². The Bertz CT molecular complexity index is 583. The van der Waals surface area contributed by atoms with E-state index >= 15 is 0 Å². The first-order valence-corrected chi connectivity index (χ1v) is 6.09. The minimum Gasteiger partial charge on any atom is -0.364 e. The molecule has 0 spiro atoms. The molecule has 0 saturated heterocycles. The Morgan fingerprint density at radius 2 is 2.26 bits per heavy atom. The van der Waals surface area contributed by atoms with Gasteiger partial charge in [0.2, 0.25) is 0 Å². The van der Waals surface area contributed by atoms with Gasteiger partial charge in [-0.3, -0.25) is 14.2 Å². The Balaban J connectivity index is 2.08. The Labute approximate surface area is 111 Å². The predicted molar refractivity (Wildman–Crippen MR) is 71.7 cm³/mol. The highest BCUT2D eigenvalue weighted by Gasteiger charge is 2.11. The van der Waals surface area contributed by atoms with Crippen molar-refractivity contribution in [3.63, 3.8) is 0 Å². The molecule has 0 aliphatic rings. The van der Waals surface area contributed by atoms with Crippen molar-refractivity contribution in [1.29, 1.82) is 0 Å². The monoisotopic (exact) mass is 262 g/mol. The molecule has 0 aliphatic heterocycles. The van der Waals surface area contributed by atoms with Crippen molar-refractivity contribution in [2.45, 2.75) is 26.4 Å². The van der Waals surface area contributed by atoms with Crippen molar-refractivity contribution in [3.05, 3.63) is 29.7 Å². The van der Waals surface area contributed by atoms with Gasteiger partial charge in [-0.15, -0.1) is 0 Å². The lowest BCUT2D eigenvalue weighted by Crippen LogP contribution is -2.15. The Hall–Kier alpha value is -2.31. The zero-order valence-electron chi connectivity index (χ0n) is 11.3. The lowest BCUT2D eigenvalue weighted by Gasteiger charge is -2.11. The van der Waals surface area contributed by atoms with Gasteiger partial charge in [-0.1, -0.05) is 0 Å². The van der Waals surface area contributed by atoms with Crippen molar-refractivity contribution < 1.29 is 4.79 Å². The number of aryl methyl sites for hydroxylation is 1. The summed E-state index contributed by atoms with van der Waals surface area (Å²) in [5.74, 6) is 0.128. The van der Waals surface area contributed by atoms with Crippen LogP contribution in [0.5, 0.6) is 0 Å². The van der Waals surface area contributed by atoms with Gasteiger partial charge in [-0.25, -0.2) is 0 Å². The summed E-state index contributed by atoms with van der Waals surface area (Å²) in [6.45, 7) is 4.73. The number of hydrogen-bond donors (Lipinski definition) is 2. The molecule has 0 radical (unpaired) electrons. The first-order valence-electron chi connectivity index (χ1n) is 6.09. The van der Waals surface area contributed by atoms with E-state index < -0.39 is 5.91 Å². The smallest absolute Gasteiger partial charge is 0.267 e. The molecular weight excluding hydrogens is 244 g/mol. The maximum Gasteiger partial charge on any atom is 0.267 e. The standard InChI is InChI=1S/C12H18N6O/c1-8(2)18-9(4-5-15-18)7-14-11-6-10(12(13)19)17(3)16-11/h4-6,8H,7H2,1-3H3,(H2,13,19)(H,14,16). The fraction of sp³-hybridized carbons (Fsp3) is 0.417. The number of carbonyl (C=O) groups excluding carboxylic acids is 1. The van der Waals surface area contributed by atoms with E-state index in [0.717, 1.165) is 5.69 Å². The van der Waals surface area contributed by atoms with Crippen molar-refractivity contribution in [2.75, 3.05) is 5.32 Å². The van der Waals surface area contributed by atoms with Crippen molar-refractivity contribution >= 4 is 11.7 Å². The maximum absolute atomic E-state index is 11.1. The van der Waals surface area contributed by atoms with Crippen LogP contribution in [0.4, 0.5) is 5.82 Å². The number of nitrogens with zero attached hydrogens (tertiary/aromatic N) is 4. The maximum atomic E-state index is 11.1. The molecule has 0 bridgehead atoms. The highest BCUT2D eigenvalue weighted by atomic mass is 16.1. The number of anilines is 1. The molecule has 3 N–H and O–H groups in total. The summed E-state index contributed by atoms with van der Waals surface area (Å²) >= 11 is 0. The molecule has 7 nitrogen and oxygen atoms in total. The summed E-state index contributed by atoms with van der Waals surface area (Å²) < 4.78 is 3.40. The van der Waals surface area contributed by atoms with Gasteiger partial charge in [-0.2, -0.15) is 10.2 Å². The van der Waals surface area contributed by atoms with Gasteiger partial charge < -0.3 is 11.1 Å². The molecule has 0 fully saturated rings. The number of primary amides is 1. The molecule has 2 rings (SSSR count). The molecule has 2 heterocycles. The minimum atomic E-state index is -0.490. The summed E-state index contributed by atoms with van der Waals surface area (Å²) in [6.07, 6.45) is 1.77. The van der Waals surface area contributed by atoms with Crippen LogP contribution in [0.15, 0.2) is 18.3 Å². The number of carbonyl (C=O) groups is 1. The summed E-state index contributed by atoms with van der Waals surface area (Å²) in [5.41, 5.74) is 6.67. The lowest BCUT2D eigenvalue weighted by molar-refractivity contribution is 0.0991.